The average Bonchev–Trinajstić information content (AvgIpc) is 2.60. The first-order chi connectivity index (χ1) is 12.0. The topological polar surface area (TPSA) is 58.1 Å². The standard InChI is InChI=1S/C21H21N4/c1-13-9-18-20(11-16(13)22)25(15-7-5-4-6-8-15)21-12-17(23)14(2)10-19(21)24(18)3/h4-12,18,22H,3,23H2,1-2H3/q+1/p+1. The molecule has 1 aliphatic carbocycles. The van der Waals surface area contributed by atoms with Crippen LogP contribution < -0.4 is 16.0 Å². The molecule has 0 bridgehead atoms. The number of nitrogen functional groups attached to an aromatic ring is 1. The maximum atomic E-state index is 6.23. The zero-order valence-corrected chi connectivity index (χ0v) is 14.5. The lowest BCUT2D eigenvalue weighted by Crippen LogP contribution is -2.40. The molecule has 0 saturated heterocycles. The van der Waals surface area contributed by atoms with Crippen LogP contribution in [-0.2, 0) is 0 Å². The van der Waals surface area contributed by atoms with Crippen molar-refractivity contribution in [3.63, 3.8) is 0 Å². The van der Waals surface area contributed by atoms with Crippen molar-refractivity contribution < 1.29 is 4.58 Å². The number of hydrogen-bond acceptors (Lipinski definition) is 2. The van der Waals surface area contributed by atoms with E-state index in [0.29, 0.717) is 0 Å². The second-order valence-electron chi connectivity index (χ2n) is 6.66. The highest BCUT2D eigenvalue weighted by molar-refractivity contribution is 6.07. The molecule has 1 unspecified atom stereocenters. The van der Waals surface area contributed by atoms with Crippen LogP contribution >= 0.6 is 0 Å². The van der Waals surface area contributed by atoms with Gasteiger partial charge < -0.3 is 11.5 Å². The summed E-state index contributed by atoms with van der Waals surface area (Å²) >= 11 is 0. The van der Waals surface area contributed by atoms with Crippen molar-refractivity contribution in [1.29, 1.82) is 0 Å². The van der Waals surface area contributed by atoms with Crippen molar-refractivity contribution in [3.8, 4) is 0 Å². The SMILES string of the molecule is C=[N+]1c2cc(C)c(N)cc2[N+](c2ccccc2)=C2C=C(N)C(C)=CC21. The third-order valence-electron chi connectivity index (χ3n) is 4.99. The number of rotatable bonds is 1. The molecular weight excluding hydrogens is 308 g/mol. The predicted octanol–water partition coefficient (Wildman–Crippen LogP) is 3.38. The Morgan fingerprint density at radius 2 is 1.72 bits per heavy atom. The predicted molar refractivity (Wildman–Crippen MR) is 105 cm³/mol. The van der Waals surface area contributed by atoms with Gasteiger partial charge in [0.25, 0.3) is 23.1 Å². The Kier molecular flexibility index (Phi) is 3.35. The lowest BCUT2D eigenvalue weighted by Gasteiger charge is -2.23. The van der Waals surface area contributed by atoms with Crippen molar-refractivity contribution in [3.05, 3.63) is 71.5 Å². The molecule has 25 heavy (non-hydrogen) atoms. The van der Waals surface area contributed by atoms with E-state index in [1.165, 1.54) is 0 Å². The summed E-state index contributed by atoms with van der Waals surface area (Å²) in [5.74, 6) is 0. The maximum absolute atomic E-state index is 6.23. The molecule has 4 N–H and O–H groups in total. The van der Waals surface area contributed by atoms with Gasteiger partial charge in [0.05, 0.1) is 0 Å². The molecule has 0 saturated carbocycles. The molecule has 2 aromatic carbocycles. The molecule has 1 aliphatic heterocycles. The van der Waals surface area contributed by atoms with Crippen LogP contribution in [0.1, 0.15) is 12.5 Å². The van der Waals surface area contributed by atoms with E-state index < -0.39 is 0 Å². The molecule has 4 rings (SSSR count). The molecule has 1 atom stereocenters. The molecule has 4 nitrogen and oxygen atoms in total. The number of nitrogens with zero attached hydrogens (tertiary/aromatic N) is 2. The van der Waals surface area contributed by atoms with E-state index in [1.807, 2.05) is 48.8 Å². The van der Waals surface area contributed by atoms with Gasteiger partial charge in [-0.2, -0.15) is 4.58 Å². The second-order valence-corrected chi connectivity index (χ2v) is 6.66. The highest BCUT2D eigenvalue weighted by Crippen LogP contribution is 2.39. The maximum Gasteiger partial charge on any atom is 0.285 e. The van der Waals surface area contributed by atoms with Crippen LogP contribution in [0.3, 0.4) is 0 Å². The summed E-state index contributed by atoms with van der Waals surface area (Å²) < 4.78 is 4.27. The minimum atomic E-state index is 0.0306. The number of nitrogens with two attached hydrogens (primary N) is 2. The molecular formula is C21H22N4+2. The van der Waals surface area contributed by atoms with Gasteiger partial charge in [0.2, 0.25) is 5.69 Å². The monoisotopic (exact) mass is 330 g/mol. The molecule has 0 radical (unpaired) electrons. The highest BCUT2D eigenvalue weighted by Gasteiger charge is 2.44. The van der Waals surface area contributed by atoms with Gasteiger partial charge in [-0.05, 0) is 31.1 Å². The molecule has 4 heteroatoms. The molecule has 2 aliphatic rings. The molecule has 0 amide bonds. The van der Waals surface area contributed by atoms with Gasteiger partial charge in [-0.15, -0.1) is 4.58 Å². The van der Waals surface area contributed by atoms with Crippen LogP contribution in [0.5, 0.6) is 0 Å². The van der Waals surface area contributed by atoms with Gasteiger partial charge >= 0.3 is 0 Å². The van der Waals surface area contributed by atoms with Gasteiger partial charge in [0.15, 0.2) is 0 Å². The Labute approximate surface area is 147 Å². The van der Waals surface area contributed by atoms with Crippen molar-refractivity contribution in [2.45, 2.75) is 19.9 Å². The van der Waals surface area contributed by atoms with Gasteiger partial charge in [0, 0.05) is 41.7 Å². The first-order valence-electron chi connectivity index (χ1n) is 8.35. The van der Waals surface area contributed by atoms with E-state index in [9.17, 15) is 0 Å². The van der Waals surface area contributed by atoms with Crippen LogP contribution in [0.2, 0.25) is 0 Å². The number of benzene rings is 2. The first kappa shape index (κ1) is 15.4. The normalized spacial score (nSPS) is 19.1. The van der Waals surface area contributed by atoms with Gasteiger partial charge in [0.1, 0.15) is 6.72 Å². The number of aryl methyl sites for hydroxylation is 1. The zero-order chi connectivity index (χ0) is 17.7. The van der Waals surface area contributed by atoms with Crippen molar-refractivity contribution in [2.75, 3.05) is 5.73 Å². The van der Waals surface area contributed by atoms with Crippen molar-refractivity contribution in [2.24, 2.45) is 5.73 Å². The Morgan fingerprint density at radius 3 is 2.44 bits per heavy atom. The summed E-state index contributed by atoms with van der Waals surface area (Å²) in [6.45, 7) is 8.37. The van der Waals surface area contributed by atoms with Crippen molar-refractivity contribution in [1.82, 2.24) is 4.58 Å². The fourth-order valence-electron chi connectivity index (χ4n) is 3.48. The number of para-hydroxylation sites is 1. The molecule has 0 spiro atoms. The lowest BCUT2D eigenvalue weighted by atomic mass is 9.94. The molecule has 124 valence electrons. The smallest absolute Gasteiger partial charge is 0.285 e. The molecule has 2 aromatic rings. The van der Waals surface area contributed by atoms with E-state index in [-0.39, 0.29) is 6.04 Å². The second kappa shape index (κ2) is 5.45. The molecule has 1 heterocycles. The summed E-state index contributed by atoms with van der Waals surface area (Å²) in [7, 11) is 0. The van der Waals surface area contributed by atoms with Crippen LogP contribution in [0, 0.1) is 6.92 Å². The Morgan fingerprint density at radius 1 is 1.00 bits per heavy atom. The first-order valence-corrected chi connectivity index (χ1v) is 8.35. The summed E-state index contributed by atoms with van der Waals surface area (Å²) in [5, 5.41) is 0. The van der Waals surface area contributed by atoms with E-state index in [0.717, 1.165) is 45.3 Å². The Hall–Kier alpha value is -3.14. The van der Waals surface area contributed by atoms with E-state index >= 15 is 0 Å². The quantitative estimate of drug-likeness (QED) is 0.622. The molecule has 0 aromatic heterocycles. The Balaban J connectivity index is 2.10. The Bertz CT molecular complexity index is 994. The lowest BCUT2D eigenvalue weighted by molar-refractivity contribution is -0.443. The van der Waals surface area contributed by atoms with Crippen LogP contribution in [0.4, 0.5) is 22.7 Å². The van der Waals surface area contributed by atoms with Crippen LogP contribution in [-0.4, -0.2) is 23.0 Å². The fraction of sp³-hybridized carbons (Fsp3) is 0.143. The van der Waals surface area contributed by atoms with Crippen LogP contribution in [0.15, 0.2) is 65.9 Å². The summed E-state index contributed by atoms with van der Waals surface area (Å²) in [4.78, 5) is 0. The number of fused-ring (bicyclic) bond motifs is 2. The van der Waals surface area contributed by atoms with Gasteiger partial charge in [-0.3, -0.25) is 0 Å². The minimum Gasteiger partial charge on any atom is -0.398 e. The zero-order valence-electron chi connectivity index (χ0n) is 14.5. The summed E-state index contributed by atoms with van der Waals surface area (Å²) in [6.07, 6.45) is 4.21. The fourth-order valence-corrected chi connectivity index (χ4v) is 3.48. The number of hydrogen-bond donors (Lipinski definition) is 2. The highest BCUT2D eigenvalue weighted by atomic mass is 15.2. The van der Waals surface area contributed by atoms with Crippen molar-refractivity contribution >= 4 is 35.2 Å². The van der Waals surface area contributed by atoms with Gasteiger partial charge in [-0.1, -0.05) is 18.2 Å². The minimum absolute atomic E-state index is 0.0306. The third-order valence-corrected chi connectivity index (χ3v) is 4.99. The average molecular weight is 330 g/mol. The van der Waals surface area contributed by atoms with Crippen LogP contribution in [0.25, 0.3) is 0 Å². The third kappa shape index (κ3) is 2.30. The summed E-state index contributed by atoms with van der Waals surface area (Å²) in [5.41, 5.74) is 20.4. The molecule has 0 fully saturated rings. The number of allylic oxidation sites excluding steroid dienone is 1. The van der Waals surface area contributed by atoms with E-state index in [2.05, 4.69) is 35.6 Å². The number of anilines is 1. The van der Waals surface area contributed by atoms with E-state index in [1.54, 1.807) is 0 Å². The summed E-state index contributed by atoms with van der Waals surface area (Å²) in [6, 6.07) is 14.4. The largest absolute Gasteiger partial charge is 0.398 e. The van der Waals surface area contributed by atoms with E-state index in [4.69, 9.17) is 11.5 Å². The van der Waals surface area contributed by atoms with Gasteiger partial charge in [-0.25, -0.2) is 0 Å².